The molecule has 0 radical (unpaired) electrons. The van der Waals surface area contributed by atoms with Crippen LogP contribution >= 0.6 is 0 Å². The normalized spacial score (nSPS) is 16.9. The molecule has 0 aromatic rings. The summed E-state index contributed by atoms with van der Waals surface area (Å²) in [5.74, 6) is 1.40. The lowest BCUT2D eigenvalue weighted by Crippen LogP contribution is -1.96. The smallest absolute Gasteiger partial charge is 0.158 e. The third kappa shape index (κ3) is 3.05. The standard InChI is InChI=1S/C11H16O2/c1-4-10(8(2)12)7-13-9(3)11-5-6-11/h7,11H,3-6H2,1-2H3/b10-7+. The SMILES string of the molecule is C=C(O/C=C(\CC)C(C)=O)C1CC1. The average Bonchev–Trinajstić information content (AvgIpc) is 2.86. The monoisotopic (exact) mass is 180 g/mol. The Bertz CT molecular complexity index is 247. The first-order chi connectivity index (χ1) is 6.15. The number of carbonyl (C=O) groups excluding carboxylic acids is 1. The van der Waals surface area contributed by atoms with Gasteiger partial charge >= 0.3 is 0 Å². The van der Waals surface area contributed by atoms with Crippen LogP contribution in [0.3, 0.4) is 0 Å². The van der Waals surface area contributed by atoms with E-state index in [1.54, 1.807) is 13.2 Å². The number of ether oxygens (including phenoxy) is 1. The van der Waals surface area contributed by atoms with E-state index in [-0.39, 0.29) is 5.78 Å². The Hall–Kier alpha value is -1.05. The van der Waals surface area contributed by atoms with Crippen LogP contribution in [0.4, 0.5) is 0 Å². The van der Waals surface area contributed by atoms with Crippen molar-refractivity contribution in [3.05, 3.63) is 24.2 Å². The molecule has 0 atom stereocenters. The molecule has 0 aliphatic heterocycles. The molecule has 0 bridgehead atoms. The molecule has 0 amide bonds. The third-order valence-corrected chi connectivity index (χ3v) is 2.22. The molecule has 2 nitrogen and oxygen atoms in total. The summed E-state index contributed by atoms with van der Waals surface area (Å²) in [7, 11) is 0. The molecule has 0 spiro atoms. The van der Waals surface area contributed by atoms with Crippen molar-refractivity contribution < 1.29 is 9.53 Å². The van der Waals surface area contributed by atoms with E-state index in [0.29, 0.717) is 12.3 Å². The Morgan fingerprint density at radius 1 is 1.62 bits per heavy atom. The van der Waals surface area contributed by atoms with Gasteiger partial charge in [-0.15, -0.1) is 0 Å². The molecular weight excluding hydrogens is 164 g/mol. The summed E-state index contributed by atoms with van der Waals surface area (Å²) in [6.45, 7) is 7.30. The topological polar surface area (TPSA) is 26.3 Å². The Morgan fingerprint density at radius 2 is 2.23 bits per heavy atom. The molecule has 1 aliphatic carbocycles. The van der Waals surface area contributed by atoms with E-state index in [2.05, 4.69) is 6.58 Å². The second kappa shape index (κ2) is 4.26. The quantitative estimate of drug-likeness (QED) is 0.480. The van der Waals surface area contributed by atoms with E-state index >= 15 is 0 Å². The van der Waals surface area contributed by atoms with Gasteiger partial charge in [0, 0.05) is 11.5 Å². The summed E-state index contributed by atoms with van der Waals surface area (Å²) in [5.41, 5.74) is 0.724. The molecule has 1 saturated carbocycles. The van der Waals surface area contributed by atoms with Crippen LogP contribution in [0, 0.1) is 5.92 Å². The van der Waals surface area contributed by atoms with Crippen LogP contribution in [0.15, 0.2) is 24.2 Å². The van der Waals surface area contributed by atoms with Gasteiger partial charge in [-0.1, -0.05) is 13.5 Å². The van der Waals surface area contributed by atoms with E-state index in [4.69, 9.17) is 4.74 Å². The minimum Gasteiger partial charge on any atom is -0.469 e. The highest BCUT2D eigenvalue weighted by molar-refractivity contribution is 5.92. The van der Waals surface area contributed by atoms with E-state index in [0.717, 1.165) is 11.3 Å². The Labute approximate surface area is 79.3 Å². The average molecular weight is 180 g/mol. The van der Waals surface area contributed by atoms with Gasteiger partial charge in [0.1, 0.15) is 0 Å². The minimum absolute atomic E-state index is 0.0751. The number of hydrogen-bond donors (Lipinski definition) is 0. The summed E-state index contributed by atoms with van der Waals surface area (Å²) >= 11 is 0. The molecule has 13 heavy (non-hydrogen) atoms. The van der Waals surface area contributed by atoms with Gasteiger partial charge in [0.15, 0.2) is 5.78 Å². The van der Waals surface area contributed by atoms with Crippen molar-refractivity contribution >= 4 is 5.78 Å². The second-order valence-electron chi connectivity index (χ2n) is 3.41. The zero-order chi connectivity index (χ0) is 9.84. The van der Waals surface area contributed by atoms with E-state index < -0.39 is 0 Å². The molecule has 0 heterocycles. The van der Waals surface area contributed by atoms with Gasteiger partial charge in [-0.05, 0) is 26.2 Å². The van der Waals surface area contributed by atoms with Crippen molar-refractivity contribution in [2.75, 3.05) is 0 Å². The van der Waals surface area contributed by atoms with Crippen molar-refractivity contribution in [2.24, 2.45) is 5.92 Å². The summed E-state index contributed by atoms with van der Waals surface area (Å²) in [6.07, 6.45) is 4.61. The lowest BCUT2D eigenvalue weighted by molar-refractivity contribution is -0.113. The highest BCUT2D eigenvalue weighted by atomic mass is 16.5. The molecule has 2 heteroatoms. The molecule has 0 aromatic carbocycles. The number of hydrogen-bond acceptors (Lipinski definition) is 2. The number of carbonyl (C=O) groups is 1. The van der Waals surface area contributed by atoms with Crippen LogP contribution in [-0.2, 0) is 9.53 Å². The molecule has 1 fully saturated rings. The van der Waals surface area contributed by atoms with E-state index in [1.807, 2.05) is 6.92 Å². The maximum Gasteiger partial charge on any atom is 0.158 e. The van der Waals surface area contributed by atoms with Crippen LogP contribution in [0.1, 0.15) is 33.1 Å². The second-order valence-corrected chi connectivity index (χ2v) is 3.41. The van der Waals surface area contributed by atoms with Gasteiger partial charge in [-0.3, -0.25) is 4.79 Å². The molecule has 72 valence electrons. The van der Waals surface area contributed by atoms with Crippen LogP contribution in [0.2, 0.25) is 0 Å². The van der Waals surface area contributed by atoms with Gasteiger partial charge in [-0.2, -0.15) is 0 Å². The number of rotatable bonds is 5. The fraction of sp³-hybridized carbons (Fsp3) is 0.545. The predicted molar refractivity (Wildman–Crippen MR) is 52.0 cm³/mol. The molecule has 0 aromatic heterocycles. The Morgan fingerprint density at radius 3 is 2.62 bits per heavy atom. The van der Waals surface area contributed by atoms with Gasteiger partial charge in [0.05, 0.1) is 12.0 Å². The third-order valence-electron chi connectivity index (χ3n) is 2.22. The number of allylic oxidation sites excluding steroid dienone is 2. The van der Waals surface area contributed by atoms with Crippen molar-refractivity contribution in [3.8, 4) is 0 Å². The van der Waals surface area contributed by atoms with Crippen LogP contribution in [0.5, 0.6) is 0 Å². The fourth-order valence-corrected chi connectivity index (χ4v) is 1.06. The van der Waals surface area contributed by atoms with Gasteiger partial charge in [0.25, 0.3) is 0 Å². The van der Waals surface area contributed by atoms with Crippen molar-refractivity contribution in [1.82, 2.24) is 0 Å². The molecular formula is C11H16O2. The summed E-state index contributed by atoms with van der Waals surface area (Å²) < 4.78 is 5.30. The van der Waals surface area contributed by atoms with E-state index in [1.165, 1.54) is 12.8 Å². The van der Waals surface area contributed by atoms with Crippen molar-refractivity contribution in [3.63, 3.8) is 0 Å². The lowest BCUT2D eigenvalue weighted by atomic mass is 10.1. The summed E-state index contributed by atoms with van der Waals surface area (Å²) in [6, 6.07) is 0. The Kier molecular flexibility index (Phi) is 3.29. The molecule has 0 saturated heterocycles. The maximum absolute atomic E-state index is 11.0. The van der Waals surface area contributed by atoms with Crippen LogP contribution < -0.4 is 0 Å². The highest BCUT2D eigenvalue weighted by Gasteiger charge is 2.25. The first-order valence-electron chi connectivity index (χ1n) is 4.70. The van der Waals surface area contributed by atoms with E-state index in [9.17, 15) is 4.79 Å². The largest absolute Gasteiger partial charge is 0.469 e. The predicted octanol–water partition coefficient (Wildman–Crippen LogP) is 2.81. The summed E-state index contributed by atoms with van der Waals surface area (Å²) in [4.78, 5) is 11.0. The molecule has 0 N–H and O–H groups in total. The maximum atomic E-state index is 11.0. The first-order valence-corrected chi connectivity index (χ1v) is 4.70. The van der Waals surface area contributed by atoms with Gasteiger partial charge < -0.3 is 4.74 Å². The number of Topliss-reactive ketones (excluding diaryl/α,β-unsaturated/α-hetero) is 1. The van der Waals surface area contributed by atoms with Crippen LogP contribution in [-0.4, -0.2) is 5.78 Å². The zero-order valence-electron chi connectivity index (χ0n) is 8.30. The molecule has 0 unspecified atom stereocenters. The van der Waals surface area contributed by atoms with Gasteiger partial charge in [0.2, 0.25) is 0 Å². The van der Waals surface area contributed by atoms with Crippen molar-refractivity contribution in [1.29, 1.82) is 0 Å². The van der Waals surface area contributed by atoms with Crippen LogP contribution in [0.25, 0.3) is 0 Å². The molecule has 1 aliphatic rings. The Balaban J connectivity index is 2.43. The lowest BCUT2D eigenvalue weighted by Gasteiger charge is -2.04. The molecule has 1 rings (SSSR count). The van der Waals surface area contributed by atoms with Crippen molar-refractivity contribution in [2.45, 2.75) is 33.1 Å². The minimum atomic E-state index is 0.0751. The zero-order valence-corrected chi connectivity index (χ0v) is 8.30. The highest BCUT2D eigenvalue weighted by Crippen LogP contribution is 2.36. The van der Waals surface area contributed by atoms with Gasteiger partial charge in [-0.25, -0.2) is 0 Å². The first kappa shape index (κ1) is 10.0. The summed E-state index contributed by atoms with van der Waals surface area (Å²) in [5, 5.41) is 0. The number of ketones is 1. The fourth-order valence-electron chi connectivity index (χ4n) is 1.06.